The van der Waals surface area contributed by atoms with Gasteiger partial charge in [0.1, 0.15) is 0 Å². The number of fused-ring (bicyclic) bond motifs is 1. The SMILES string of the molecule is O=C(O)N1CCC(S(=O)(=O)Nc2ccc(S(=O)(=O)Nc3ccc(Cl)c4c(Cl)c[nH]c34)cc2)CC1. The molecule has 0 atom stereocenters. The zero-order valence-corrected chi connectivity index (χ0v) is 20.6. The number of amides is 1. The van der Waals surface area contributed by atoms with Crippen molar-refractivity contribution in [3.63, 3.8) is 0 Å². The molecule has 1 amide bonds. The van der Waals surface area contributed by atoms with E-state index >= 15 is 0 Å². The number of carboxylic acid groups (broad SMARTS) is 1. The Hall–Kier alpha value is -2.67. The highest BCUT2D eigenvalue weighted by Crippen LogP contribution is 2.35. The Morgan fingerprint density at radius 1 is 0.971 bits per heavy atom. The zero-order valence-electron chi connectivity index (χ0n) is 17.5. The van der Waals surface area contributed by atoms with Crippen LogP contribution in [-0.4, -0.2) is 56.3 Å². The predicted octanol–water partition coefficient (Wildman–Crippen LogP) is 4.16. The van der Waals surface area contributed by atoms with E-state index in [1.54, 1.807) is 0 Å². The van der Waals surface area contributed by atoms with Crippen molar-refractivity contribution in [2.45, 2.75) is 23.0 Å². The molecule has 0 radical (unpaired) electrons. The summed E-state index contributed by atoms with van der Waals surface area (Å²) < 4.78 is 56.1. The second kappa shape index (κ2) is 9.17. The van der Waals surface area contributed by atoms with Gasteiger partial charge in [-0.05, 0) is 49.2 Å². The van der Waals surface area contributed by atoms with Crippen molar-refractivity contribution in [1.29, 1.82) is 0 Å². The minimum atomic E-state index is -4.00. The summed E-state index contributed by atoms with van der Waals surface area (Å²) in [6.07, 6.45) is 0.780. The Morgan fingerprint density at radius 3 is 2.24 bits per heavy atom. The summed E-state index contributed by atoms with van der Waals surface area (Å²) in [5.41, 5.74) is 0.882. The Balaban J connectivity index is 1.48. The third kappa shape index (κ3) is 4.90. The first-order valence-corrected chi connectivity index (χ1v) is 13.8. The number of nitrogens with one attached hydrogen (secondary N) is 3. The largest absolute Gasteiger partial charge is 0.465 e. The number of anilines is 2. The number of aromatic amines is 1. The summed E-state index contributed by atoms with van der Waals surface area (Å²) in [4.78, 5) is 15.0. The molecule has 3 aromatic rings. The normalized spacial score (nSPS) is 15.4. The minimum absolute atomic E-state index is 0.0778. The van der Waals surface area contributed by atoms with Crippen molar-refractivity contribution in [1.82, 2.24) is 9.88 Å². The predicted molar refractivity (Wildman–Crippen MR) is 131 cm³/mol. The topological polar surface area (TPSA) is 149 Å². The quantitative estimate of drug-likeness (QED) is 0.364. The molecule has 0 unspecified atom stereocenters. The van der Waals surface area contributed by atoms with Gasteiger partial charge in [0.2, 0.25) is 10.0 Å². The van der Waals surface area contributed by atoms with Gasteiger partial charge in [0, 0.05) is 30.4 Å². The lowest BCUT2D eigenvalue weighted by Gasteiger charge is -2.29. The molecule has 0 aliphatic carbocycles. The molecule has 0 saturated carbocycles. The fourth-order valence-electron chi connectivity index (χ4n) is 3.76. The molecule has 34 heavy (non-hydrogen) atoms. The number of hydrogen-bond acceptors (Lipinski definition) is 5. The van der Waals surface area contributed by atoms with Crippen LogP contribution >= 0.6 is 23.2 Å². The number of sulfonamides is 2. The second-order valence-electron chi connectivity index (χ2n) is 7.73. The maximum Gasteiger partial charge on any atom is 0.407 e. The zero-order chi connectivity index (χ0) is 24.7. The van der Waals surface area contributed by atoms with Gasteiger partial charge in [-0.15, -0.1) is 0 Å². The molecule has 4 rings (SSSR count). The number of carbonyl (C=O) groups is 1. The summed E-state index contributed by atoms with van der Waals surface area (Å²) in [6, 6.07) is 8.29. The first-order valence-electron chi connectivity index (χ1n) is 10.1. The minimum Gasteiger partial charge on any atom is -0.465 e. The van der Waals surface area contributed by atoms with E-state index < -0.39 is 31.4 Å². The number of hydrogen-bond donors (Lipinski definition) is 4. The highest BCUT2D eigenvalue weighted by atomic mass is 35.5. The van der Waals surface area contributed by atoms with Crippen molar-refractivity contribution < 1.29 is 26.7 Å². The lowest BCUT2D eigenvalue weighted by molar-refractivity contribution is 0.136. The van der Waals surface area contributed by atoms with E-state index in [1.807, 2.05) is 0 Å². The number of aromatic nitrogens is 1. The number of piperidine rings is 1. The lowest BCUT2D eigenvalue weighted by atomic mass is 10.1. The van der Waals surface area contributed by atoms with Gasteiger partial charge >= 0.3 is 6.09 Å². The van der Waals surface area contributed by atoms with Gasteiger partial charge in [0.05, 0.1) is 31.4 Å². The average molecular weight is 547 g/mol. The molecule has 1 saturated heterocycles. The van der Waals surface area contributed by atoms with Crippen LogP contribution in [0.25, 0.3) is 10.9 Å². The van der Waals surface area contributed by atoms with Crippen molar-refractivity contribution in [2.75, 3.05) is 22.5 Å². The maximum atomic E-state index is 12.9. The van der Waals surface area contributed by atoms with Crippen LogP contribution in [0.3, 0.4) is 0 Å². The average Bonchev–Trinajstić information content (AvgIpc) is 3.18. The van der Waals surface area contributed by atoms with Crippen molar-refractivity contribution >= 4 is 71.6 Å². The molecule has 182 valence electrons. The Morgan fingerprint density at radius 2 is 1.62 bits per heavy atom. The molecular formula is C20H20Cl2N4O6S2. The summed E-state index contributed by atoms with van der Waals surface area (Å²) in [6.45, 7) is 0.265. The summed E-state index contributed by atoms with van der Waals surface area (Å²) in [7, 11) is -7.77. The van der Waals surface area contributed by atoms with E-state index in [0.717, 1.165) is 0 Å². The van der Waals surface area contributed by atoms with Gasteiger partial charge in [0.25, 0.3) is 10.0 Å². The number of benzene rings is 2. The van der Waals surface area contributed by atoms with E-state index in [1.165, 1.54) is 47.5 Å². The van der Waals surface area contributed by atoms with Gasteiger partial charge < -0.3 is 15.0 Å². The van der Waals surface area contributed by atoms with Crippen LogP contribution in [0.15, 0.2) is 47.5 Å². The van der Waals surface area contributed by atoms with Gasteiger partial charge in [-0.2, -0.15) is 0 Å². The van der Waals surface area contributed by atoms with Crippen LogP contribution in [0.2, 0.25) is 10.0 Å². The van der Waals surface area contributed by atoms with Crippen LogP contribution in [0.1, 0.15) is 12.8 Å². The first kappa shape index (κ1) is 24.5. The van der Waals surface area contributed by atoms with Gasteiger partial charge in [-0.3, -0.25) is 9.44 Å². The second-order valence-corrected chi connectivity index (χ2v) is 12.2. The van der Waals surface area contributed by atoms with Crippen LogP contribution in [0, 0.1) is 0 Å². The summed E-state index contributed by atoms with van der Waals surface area (Å²) in [5, 5.41) is 9.47. The molecule has 1 fully saturated rings. The van der Waals surface area contributed by atoms with Crippen LogP contribution < -0.4 is 9.44 Å². The molecule has 14 heteroatoms. The summed E-state index contributed by atoms with van der Waals surface area (Å²) in [5.74, 6) is 0. The number of halogens is 2. The number of likely N-dealkylation sites (tertiary alicyclic amines) is 1. The molecule has 0 bridgehead atoms. The molecular weight excluding hydrogens is 527 g/mol. The Bertz CT molecular complexity index is 1450. The monoisotopic (exact) mass is 546 g/mol. The maximum absolute atomic E-state index is 12.9. The highest BCUT2D eigenvalue weighted by molar-refractivity contribution is 7.93. The molecule has 10 nitrogen and oxygen atoms in total. The van der Waals surface area contributed by atoms with Gasteiger partial charge in [0.15, 0.2) is 0 Å². The van der Waals surface area contributed by atoms with Crippen molar-refractivity contribution in [3.8, 4) is 0 Å². The third-order valence-electron chi connectivity index (χ3n) is 5.56. The molecule has 1 aliphatic heterocycles. The van der Waals surface area contributed by atoms with Crippen molar-refractivity contribution in [3.05, 3.63) is 52.6 Å². The fourth-order valence-corrected chi connectivity index (χ4v) is 6.86. The molecule has 1 aromatic heterocycles. The van der Waals surface area contributed by atoms with E-state index in [-0.39, 0.29) is 42.2 Å². The Kier molecular flexibility index (Phi) is 6.60. The number of H-pyrrole nitrogens is 1. The molecule has 0 spiro atoms. The molecule has 4 N–H and O–H groups in total. The smallest absolute Gasteiger partial charge is 0.407 e. The van der Waals surface area contributed by atoms with E-state index in [4.69, 9.17) is 28.3 Å². The lowest BCUT2D eigenvalue weighted by Crippen LogP contribution is -2.43. The number of rotatable bonds is 6. The highest BCUT2D eigenvalue weighted by Gasteiger charge is 2.31. The third-order valence-corrected chi connectivity index (χ3v) is 9.42. The van der Waals surface area contributed by atoms with Gasteiger partial charge in [-0.1, -0.05) is 23.2 Å². The van der Waals surface area contributed by atoms with Crippen LogP contribution in [-0.2, 0) is 20.0 Å². The Labute approximate surface area is 206 Å². The molecule has 2 aromatic carbocycles. The first-order chi connectivity index (χ1) is 16.0. The van der Waals surface area contributed by atoms with Crippen molar-refractivity contribution in [2.24, 2.45) is 0 Å². The number of nitrogens with zero attached hydrogens (tertiary/aromatic N) is 1. The van der Waals surface area contributed by atoms with Crippen LogP contribution in [0.5, 0.6) is 0 Å². The summed E-state index contributed by atoms with van der Waals surface area (Å²) >= 11 is 12.3. The molecule has 1 aliphatic rings. The fraction of sp³-hybridized carbons (Fsp3) is 0.250. The van der Waals surface area contributed by atoms with Gasteiger partial charge in [-0.25, -0.2) is 21.6 Å². The molecule has 2 heterocycles. The van der Waals surface area contributed by atoms with E-state index in [0.29, 0.717) is 20.9 Å². The van der Waals surface area contributed by atoms with Crippen LogP contribution in [0.4, 0.5) is 16.2 Å². The van der Waals surface area contributed by atoms with E-state index in [9.17, 15) is 21.6 Å². The standard InChI is InChI=1S/C20H20Cl2N4O6S2/c21-15-5-6-17(19-18(15)16(22)11-23-19)25-34(31,32)13-3-1-12(2-4-13)24-33(29,30)14-7-9-26(10-8-14)20(27)28/h1-6,11,14,23-25H,7-10H2,(H,27,28). The van der Waals surface area contributed by atoms with E-state index in [2.05, 4.69) is 14.4 Å².